The van der Waals surface area contributed by atoms with Crippen LogP contribution in [-0.4, -0.2) is 0 Å². The molecule has 0 atom stereocenters. The zero-order chi connectivity index (χ0) is 7.21. The minimum atomic E-state index is -5.39. The summed E-state index contributed by atoms with van der Waals surface area (Å²) in [7, 11) is 4.24. The van der Waals surface area contributed by atoms with Gasteiger partial charge in [-0.1, -0.05) is 0 Å². The second-order valence-corrected chi connectivity index (χ2v) is 3.75. The summed E-state index contributed by atoms with van der Waals surface area (Å²) in [4.78, 5) is 25.6. The molecule has 0 rings (SSSR count). The Morgan fingerprint density at radius 1 is 1.25 bits per heavy atom. The van der Waals surface area contributed by atoms with Gasteiger partial charge in [0.1, 0.15) is 0 Å². The molecule has 0 aromatic rings. The Kier molecular flexibility index (Phi) is 9.76. The van der Waals surface area contributed by atoms with Gasteiger partial charge in [0, 0.05) is 0 Å². The topological polar surface area (TPSA) is 86.2 Å². The molecule has 0 saturated heterocycles. The van der Waals surface area contributed by atoms with E-state index in [1.807, 2.05) is 0 Å². The Balaban J connectivity index is 0. The second kappa shape index (κ2) is 6.47. The van der Waals surface area contributed by atoms with E-state index in [0.29, 0.717) is 0 Å². The molecule has 0 spiro atoms. The van der Waals surface area contributed by atoms with E-state index in [2.05, 4.69) is 0 Å². The van der Waals surface area contributed by atoms with Crippen LogP contribution in [0.2, 0.25) is 0 Å². The average molecular weight is 272 g/mol. The molecule has 0 aromatic carbocycles. The van der Waals surface area contributed by atoms with Crippen molar-refractivity contribution in [3.8, 4) is 0 Å². The molecule has 0 heterocycles. The van der Waals surface area contributed by atoms with Crippen LogP contribution in [0.4, 0.5) is 0 Å². The predicted octanol–water partition coefficient (Wildman–Crippen LogP) is -1.45. The van der Waals surface area contributed by atoms with Gasteiger partial charge in [-0.25, -0.2) is 0 Å². The molecule has 0 bridgehead atoms. The first-order valence-corrected chi connectivity index (χ1v) is 6.43. The number of hydrogen-bond acceptors (Lipinski definition) is 4. The first-order valence-electron chi connectivity index (χ1n) is 0.969. The van der Waals surface area contributed by atoms with Gasteiger partial charge < -0.3 is 19.2 Å². The van der Waals surface area contributed by atoms with Crippen LogP contribution in [0.3, 0.4) is 0 Å². The monoisotopic (exact) mass is 271 g/mol. The van der Waals surface area contributed by atoms with Crippen LogP contribution in [0.25, 0.3) is 0 Å². The number of rotatable bonds is 0. The number of halogens is 2. The van der Waals surface area contributed by atoms with Crippen molar-refractivity contribution in [3.63, 3.8) is 0 Å². The van der Waals surface area contributed by atoms with Crippen LogP contribution >= 0.6 is 26.9 Å². The Hall–Kier alpha value is 1.35. The van der Waals surface area contributed by atoms with Crippen molar-refractivity contribution in [1.82, 2.24) is 0 Å². The van der Waals surface area contributed by atoms with Crippen LogP contribution in [0, 0.1) is 0 Å². The molecular formula is Cl2O4PPd. The first-order chi connectivity index (χ1) is 3.41. The standard InChI is InChI=1S/2ClH.H3O4P.Pd/c;;1-5(2,3)4;/h2*1H;(H3,1,2,3,4);/q;;;+5/p-5. The zero-order valence-electron chi connectivity index (χ0n) is 3.15. The maximum absolute atomic E-state index is 8.55. The van der Waals surface area contributed by atoms with Gasteiger partial charge in [-0.05, 0) is 0 Å². The molecule has 0 unspecified atom stereocenters. The molecule has 0 amide bonds. The fourth-order valence-electron chi connectivity index (χ4n) is 0. The van der Waals surface area contributed by atoms with Crippen LogP contribution in [0.15, 0.2) is 0 Å². The molecule has 8 heteroatoms. The third kappa shape index (κ3) is 162. The van der Waals surface area contributed by atoms with Crippen molar-refractivity contribution in [3.05, 3.63) is 0 Å². The fraction of sp³-hybridized carbons (Fsp3) is 0. The SMILES string of the molecule is O=P([O-])([O-])[O-].[Cl][Pd+3][Cl]. The van der Waals surface area contributed by atoms with Gasteiger partial charge in [0.2, 0.25) is 0 Å². The molecule has 0 aliphatic rings. The minimum absolute atomic E-state index is 0.106. The Labute approximate surface area is 62.2 Å². The van der Waals surface area contributed by atoms with Crippen molar-refractivity contribution in [2.75, 3.05) is 0 Å². The molecule has 0 radical (unpaired) electrons. The molecule has 0 saturated carbocycles. The molecule has 8 heavy (non-hydrogen) atoms. The molecule has 0 aliphatic heterocycles. The van der Waals surface area contributed by atoms with Gasteiger partial charge in [-0.2, -0.15) is 7.82 Å². The van der Waals surface area contributed by atoms with E-state index in [-0.39, 0.29) is 15.9 Å². The van der Waals surface area contributed by atoms with E-state index < -0.39 is 7.82 Å². The summed E-state index contributed by atoms with van der Waals surface area (Å²) in [6.45, 7) is 0. The summed E-state index contributed by atoms with van der Waals surface area (Å²) in [6.07, 6.45) is 0. The number of phosphoric acid groups is 1. The van der Waals surface area contributed by atoms with Gasteiger partial charge in [0.25, 0.3) is 0 Å². The summed E-state index contributed by atoms with van der Waals surface area (Å²) >= 11 is -0.106. The Morgan fingerprint density at radius 2 is 1.25 bits per heavy atom. The quantitative estimate of drug-likeness (QED) is 0.399. The van der Waals surface area contributed by atoms with Crippen LogP contribution < -0.4 is 14.7 Å². The summed E-state index contributed by atoms with van der Waals surface area (Å²) in [5.41, 5.74) is 0. The van der Waals surface area contributed by atoms with Crippen LogP contribution in [-0.2, 0) is 20.5 Å². The normalized spacial score (nSPS) is 9.62. The molecular weight excluding hydrogens is 272 g/mol. The van der Waals surface area contributed by atoms with Crippen molar-refractivity contribution in [2.45, 2.75) is 0 Å². The summed E-state index contributed by atoms with van der Waals surface area (Å²) in [5.74, 6) is 0. The van der Waals surface area contributed by atoms with Gasteiger partial charge in [0.05, 0.1) is 0 Å². The van der Waals surface area contributed by atoms with Gasteiger partial charge in [-0.15, -0.1) is 0 Å². The van der Waals surface area contributed by atoms with E-state index in [4.69, 9.17) is 38.3 Å². The van der Waals surface area contributed by atoms with E-state index in [0.717, 1.165) is 0 Å². The van der Waals surface area contributed by atoms with Gasteiger partial charge in [0.15, 0.2) is 0 Å². The molecule has 53 valence electrons. The van der Waals surface area contributed by atoms with Crippen molar-refractivity contribution < 1.29 is 35.2 Å². The van der Waals surface area contributed by atoms with Crippen LogP contribution in [0.1, 0.15) is 0 Å². The van der Waals surface area contributed by atoms with Gasteiger partial charge >= 0.3 is 35.0 Å². The summed E-state index contributed by atoms with van der Waals surface area (Å²) in [5, 5.41) is 0. The first kappa shape index (κ1) is 12.1. The van der Waals surface area contributed by atoms with Crippen molar-refractivity contribution >= 4 is 26.9 Å². The van der Waals surface area contributed by atoms with Crippen molar-refractivity contribution in [2.24, 2.45) is 0 Å². The average Bonchev–Trinajstić information content (AvgIpc) is 1.27. The molecule has 0 aromatic heterocycles. The molecule has 0 fully saturated rings. The summed E-state index contributed by atoms with van der Waals surface area (Å²) in [6, 6.07) is 0. The summed E-state index contributed by atoms with van der Waals surface area (Å²) < 4.78 is 8.55. The van der Waals surface area contributed by atoms with E-state index in [9.17, 15) is 0 Å². The zero-order valence-corrected chi connectivity index (χ0v) is 7.11. The third-order valence-electron chi connectivity index (χ3n) is 0. The maximum atomic E-state index is 8.55. The van der Waals surface area contributed by atoms with Crippen molar-refractivity contribution in [1.29, 1.82) is 0 Å². The van der Waals surface area contributed by atoms with E-state index >= 15 is 0 Å². The second-order valence-electron chi connectivity index (χ2n) is 0.492. The Bertz CT molecular complexity index is 69.8. The predicted molar refractivity (Wildman–Crippen MR) is 19.3 cm³/mol. The van der Waals surface area contributed by atoms with Crippen LogP contribution in [0.5, 0.6) is 0 Å². The molecule has 0 N–H and O–H groups in total. The Morgan fingerprint density at radius 3 is 1.25 bits per heavy atom. The van der Waals surface area contributed by atoms with E-state index in [1.165, 1.54) is 0 Å². The van der Waals surface area contributed by atoms with E-state index in [1.54, 1.807) is 0 Å². The number of hydrogen-bond donors (Lipinski definition) is 0. The molecule has 0 aliphatic carbocycles. The molecule has 4 nitrogen and oxygen atoms in total. The van der Waals surface area contributed by atoms with Gasteiger partial charge in [-0.3, -0.25) is 0 Å². The third-order valence-corrected chi connectivity index (χ3v) is 0. The fourth-order valence-corrected chi connectivity index (χ4v) is 0.